The second kappa shape index (κ2) is 9.24. The van der Waals surface area contributed by atoms with Crippen LogP contribution in [0.25, 0.3) is 5.69 Å². The van der Waals surface area contributed by atoms with E-state index in [0.29, 0.717) is 10.1 Å². The molecule has 1 aliphatic rings. The van der Waals surface area contributed by atoms with Crippen LogP contribution in [0.1, 0.15) is 47.2 Å². The van der Waals surface area contributed by atoms with E-state index in [1.165, 1.54) is 28.2 Å². The molecule has 172 valence electrons. The standard InChI is InChI=1S/C28H27ClN4S/c1-4-20-8-12-22(13-9-20)32-18(2)17-24(19(32)3)27-26(25-7-5-6-16-30-25)31-28(34)33(27)23-14-10-21(29)11-15-23/h5-17,26-27H,4H2,1-3H3,(H,31,34). The minimum absolute atomic E-state index is 0.0570. The number of thiocarbonyl (C=S) groups is 1. The summed E-state index contributed by atoms with van der Waals surface area (Å²) in [5.74, 6) is 0. The molecule has 4 aromatic rings. The predicted octanol–water partition coefficient (Wildman–Crippen LogP) is 6.88. The zero-order valence-electron chi connectivity index (χ0n) is 19.5. The Morgan fingerprint density at radius 1 is 0.971 bits per heavy atom. The quantitative estimate of drug-likeness (QED) is 0.311. The van der Waals surface area contributed by atoms with E-state index in [4.69, 9.17) is 23.8 Å². The zero-order chi connectivity index (χ0) is 23.8. The van der Waals surface area contributed by atoms with Crippen LogP contribution in [-0.2, 0) is 6.42 Å². The molecule has 2 atom stereocenters. The molecule has 2 unspecified atom stereocenters. The van der Waals surface area contributed by atoms with Gasteiger partial charge in [-0.1, -0.05) is 36.7 Å². The SMILES string of the molecule is CCc1ccc(-n2c(C)cc(C3C(c4ccccn4)NC(=S)N3c3ccc(Cl)cc3)c2C)cc1. The summed E-state index contributed by atoms with van der Waals surface area (Å²) in [6.07, 6.45) is 2.86. The summed E-state index contributed by atoms with van der Waals surface area (Å²) < 4.78 is 2.33. The predicted molar refractivity (Wildman–Crippen MR) is 144 cm³/mol. The zero-order valence-corrected chi connectivity index (χ0v) is 21.1. The van der Waals surface area contributed by atoms with Gasteiger partial charge >= 0.3 is 0 Å². The Hall–Kier alpha value is -3.15. The number of halogens is 1. The van der Waals surface area contributed by atoms with Crippen molar-refractivity contribution >= 4 is 34.6 Å². The van der Waals surface area contributed by atoms with Crippen LogP contribution in [0.2, 0.25) is 5.02 Å². The minimum atomic E-state index is -0.0826. The number of hydrogen-bond donors (Lipinski definition) is 1. The molecule has 34 heavy (non-hydrogen) atoms. The molecule has 1 fully saturated rings. The van der Waals surface area contributed by atoms with E-state index in [0.717, 1.165) is 17.8 Å². The topological polar surface area (TPSA) is 33.1 Å². The van der Waals surface area contributed by atoms with Crippen LogP contribution in [0, 0.1) is 13.8 Å². The van der Waals surface area contributed by atoms with Gasteiger partial charge in [-0.2, -0.15) is 0 Å². The highest BCUT2D eigenvalue weighted by Crippen LogP contribution is 2.43. The molecule has 5 rings (SSSR count). The third kappa shape index (κ3) is 3.99. The van der Waals surface area contributed by atoms with Gasteiger partial charge in [0.15, 0.2) is 5.11 Å². The molecular weight excluding hydrogens is 460 g/mol. The lowest BCUT2D eigenvalue weighted by atomic mass is 9.96. The van der Waals surface area contributed by atoms with Crippen molar-refractivity contribution in [3.63, 3.8) is 0 Å². The summed E-state index contributed by atoms with van der Waals surface area (Å²) in [6.45, 7) is 6.53. The van der Waals surface area contributed by atoms with Gasteiger partial charge < -0.3 is 14.8 Å². The molecule has 0 radical (unpaired) electrons. The molecule has 2 aromatic heterocycles. The maximum absolute atomic E-state index is 6.19. The summed E-state index contributed by atoms with van der Waals surface area (Å²) in [5.41, 5.74) is 8.06. The van der Waals surface area contributed by atoms with Crippen molar-refractivity contribution in [3.05, 3.63) is 112 Å². The van der Waals surface area contributed by atoms with Crippen molar-refractivity contribution in [1.29, 1.82) is 0 Å². The molecule has 0 aliphatic carbocycles. The van der Waals surface area contributed by atoms with Crippen molar-refractivity contribution in [2.75, 3.05) is 4.90 Å². The molecule has 1 aliphatic heterocycles. The smallest absolute Gasteiger partial charge is 0.174 e. The largest absolute Gasteiger partial charge is 0.351 e. The van der Waals surface area contributed by atoms with E-state index >= 15 is 0 Å². The lowest BCUT2D eigenvalue weighted by Gasteiger charge is -2.28. The second-order valence-electron chi connectivity index (χ2n) is 8.65. The van der Waals surface area contributed by atoms with E-state index in [-0.39, 0.29) is 12.1 Å². The molecular formula is C28H27ClN4S. The number of anilines is 1. The van der Waals surface area contributed by atoms with E-state index in [1.54, 1.807) is 0 Å². The van der Waals surface area contributed by atoms with Gasteiger partial charge in [-0.15, -0.1) is 0 Å². The highest BCUT2D eigenvalue weighted by Gasteiger charge is 2.42. The van der Waals surface area contributed by atoms with Gasteiger partial charge in [-0.3, -0.25) is 4.98 Å². The number of hydrogen-bond acceptors (Lipinski definition) is 2. The number of nitrogens with one attached hydrogen (secondary N) is 1. The van der Waals surface area contributed by atoms with Gasteiger partial charge in [0.1, 0.15) is 0 Å². The average Bonchev–Trinajstić information content (AvgIpc) is 3.35. The highest BCUT2D eigenvalue weighted by molar-refractivity contribution is 7.80. The fourth-order valence-corrected chi connectivity index (χ4v) is 5.39. The Morgan fingerprint density at radius 2 is 1.68 bits per heavy atom. The monoisotopic (exact) mass is 486 g/mol. The number of benzene rings is 2. The van der Waals surface area contributed by atoms with Crippen LogP contribution >= 0.6 is 23.8 Å². The molecule has 0 saturated carbocycles. The van der Waals surface area contributed by atoms with Gasteiger partial charge in [0.05, 0.1) is 17.8 Å². The summed E-state index contributed by atoms with van der Waals surface area (Å²) in [4.78, 5) is 6.86. The summed E-state index contributed by atoms with van der Waals surface area (Å²) in [7, 11) is 0. The van der Waals surface area contributed by atoms with Gasteiger partial charge in [0.25, 0.3) is 0 Å². The second-order valence-corrected chi connectivity index (χ2v) is 9.48. The normalized spacial score (nSPS) is 17.8. The molecule has 0 bridgehead atoms. The first-order valence-corrected chi connectivity index (χ1v) is 12.3. The Morgan fingerprint density at radius 3 is 2.32 bits per heavy atom. The molecule has 1 saturated heterocycles. The number of rotatable bonds is 5. The van der Waals surface area contributed by atoms with Crippen molar-refractivity contribution < 1.29 is 0 Å². The average molecular weight is 487 g/mol. The Labute approximate surface area is 211 Å². The van der Waals surface area contributed by atoms with Gasteiger partial charge in [0, 0.05) is 34.0 Å². The molecule has 0 spiro atoms. The van der Waals surface area contributed by atoms with Crippen molar-refractivity contribution in [2.24, 2.45) is 0 Å². The Bertz CT molecular complexity index is 1310. The lowest BCUT2D eigenvalue weighted by molar-refractivity contribution is 0.565. The van der Waals surface area contributed by atoms with Crippen molar-refractivity contribution in [3.8, 4) is 5.69 Å². The van der Waals surface area contributed by atoms with Crippen molar-refractivity contribution in [2.45, 2.75) is 39.3 Å². The maximum Gasteiger partial charge on any atom is 0.174 e. The van der Waals surface area contributed by atoms with Crippen LogP contribution in [0.5, 0.6) is 0 Å². The fraction of sp³-hybridized carbons (Fsp3) is 0.214. The number of aryl methyl sites for hydroxylation is 2. The molecule has 6 heteroatoms. The van der Waals surface area contributed by atoms with E-state index in [1.807, 2.05) is 42.6 Å². The molecule has 4 nitrogen and oxygen atoms in total. The Kier molecular flexibility index (Phi) is 6.15. The van der Waals surface area contributed by atoms with E-state index in [9.17, 15) is 0 Å². The molecule has 1 N–H and O–H groups in total. The molecule has 3 heterocycles. The first-order valence-electron chi connectivity index (χ1n) is 11.5. The van der Waals surface area contributed by atoms with E-state index in [2.05, 4.69) is 76.9 Å². The first kappa shape index (κ1) is 22.6. The summed E-state index contributed by atoms with van der Waals surface area (Å²) >= 11 is 12.1. The van der Waals surface area contributed by atoms with Crippen LogP contribution in [-0.4, -0.2) is 14.7 Å². The van der Waals surface area contributed by atoms with Gasteiger partial charge in [-0.25, -0.2) is 0 Å². The van der Waals surface area contributed by atoms with Crippen molar-refractivity contribution in [1.82, 2.24) is 14.9 Å². The Balaban J connectivity index is 1.65. The van der Waals surface area contributed by atoms with Crippen LogP contribution in [0.3, 0.4) is 0 Å². The summed E-state index contributed by atoms with van der Waals surface area (Å²) in [5, 5.41) is 4.93. The third-order valence-electron chi connectivity index (χ3n) is 6.59. The minimum Gasteiger partial charge on any atom is -0.351 e. The van der Waals surface area contributed by atoms with Crippen LogP contribution < -0.4 is 10.2 Å². The van der Waals surface area contributed by atoms with E-state index < -0.39 is 0 Å². The van der Waals surface area contributed by atoms with Gasteiger partial charge in [0.2, 0.25) is 0 Å². The molecule has 0 amide bonds. The van der Waals surface area contributed by atoms with Gasteiger partial charge in [-0.05, 0) is 98.2 Å². The first-order chi connectivity index (χ1) is 16.5. The lowest BCUT2D eigenvalue weighted by Crippen LogP contribution is -2.29. The number of pyridine rings is 1. The highest BCUT2D eigenvalue weighted by atomic mass is 35.5. The number of aromatic nitrogens is 2. The number of nitrogens with zero attached hydrogens (tertiary/aromatic N) is 3. The van der Waals surface area contributed by atoms with Crippen LogP contribution in [0.15, 0.2) is 79.0 Å². The third-order valence-corrected chi connectivity index (χ3v) is 7.16. The maximum atomic E-state index is 6.19. The summed E-state index contributed by atoms with van der Waals surface area (Å²) in [6, 6.07) is 24.8. The van der Waals surface area contributed by atoms with Crippen LogP contribution in [0.4, 0.5) is 5.69 Å². The fourth-order valence-electron chi connectivity index (χ4n) is 4.92. The molecule has 2 aromatic carbocycles.